The van der Waals surface area contributed by atoms with Gasteiger partial charge in [0.05, 0.1) is 18.4 Å². The van der Waals surface area contributed by atoms with E-state index in [0.717, 1.165) is 0 Å². The van der Waals surface area contributed by atoms with Crippen LogP contribution in [0.15, 0.2) is 53.5 Å². The molecule has 27 heavy (non-hydrogen) atoms. The maximum absolute atomic E-state index is 13.1. The molecule has 0 unspecified atom stereocenters. The van der Waals surface area contributed by atoms with Gasteiger partial charge in [-0.3, -0.25) is 14.2 Å². The summed E-state index contributed by atoms with van der Waals surface area (Å²) >= 11 is 0. The van der Waals surface area contributed by atoms with Crippen LogP contribution in [0.3, 0.4) is 0 Å². The van der Waals surface area contributed by atoms with Crippen molar-refractivity contribution in [3.63, 3.8) is 0 Å². The number of benzene rings is 1. The van der Waals surface area contributed by atoms with Crippen molar-refractivity contribution in [1.29, 1.82) is 0 Å². The zero-order valence-corrected chi connectivity index (χ0v) is 15.3. The lowest BCUT2D eigenvalue weighted by molar-refractivity contribution is 0.0601. The molecule has 0 aliphatic rings. The molecule has 0 aliphatic carbocycles. The fourth-order valence-corrected chi connectivity index (χ4v) is 2.99. The number of para-hydroxylation sites is 1. The molecule has 7 nitrogen and oxygen atoms in total. The number of carbonyl (C=O) groups is 2. The SMILES string of the molecule is CCn1c(=O)c(C(=O)N(C)c2ccccc2C(=O)OC)cc2cccnc21. The van der Waals surface area contributed by atoms with Crippen molar-refractivity contribution in [1.82, 2.24) is 9.55 Å². The van der Waals surface area contributed by atoms with Gasteiger partial charge in [-0.1, -0.05) is 12.1 Å². The molecule has 0 fully saturated rings. The number of aromatic nitrogens is 2. The maximum Gasteiger partial charge on any atom is 0.339 e. The van der Waals surface area contributed by atoms with Gasteiger partial charge in [-0.2, -0.15) is 0 Å². The van der Waals surface area contributed by atoms with Gasteiger partial charge < -0.3 is 9.64 Å². The first kappa shape index (κ1) is 18.3. The van der Waals surface area contributed by atoms with E-state index in [2.05, 4.69) is 4.98 Å². The minimum absolute atomic E-state index is 0.0134. The summed E-state index contributed by atoms with van der Waals surface area (Å²) < 4.78 is 6.24. The van der Waals surface area contributed by atoms with Crippen LogP contribution in [-0.4, -0.2) is 35.6 Å². The fourth-order valence-electron chi connectivity index (χ4n) is 2.99. The molecule has 0 N–H and O–H groups in total. The maximum atomic E-state index is 13.1. The summed E-state index contributed by atoms with van der Waals surface area (Å²) in [4.78, 5) is 43.5. The smallest absolute Gasteiger partial charge is 0.339 e. The molecule has 0 saturated heterocycles. The summed E-state index contributed by atoms with van der Waals surface area (Å²) in [5, 5.41) is 0.692. The van der Waals surface area contributed by atoms with Crippen molar-refractivity contribution < 1.29 is 14.3 Å². The quantitative estimate of drug-likeness (QED) is 0.664. The molecule has 0 saturated carbocycles. The Hall–Kier alpha value is -3.48. The van der Waals surface area contributed by atoms with Gasteiger partial charge in [0.25, 0.3) is 11.5 Å². The molecule has 7 heteroatoms. The number of hydrogen-bond acceptors (Lipinski definition) is 5. The van der Waals surface area contributed by atoms with Crippen LogP contribution in [0.2, 0.25) is 0 Å². The second kappa shape index (κ2) is 7.41. The first-order valence-electron chi connectivity index (χ1n) is 8.43. The van der Waals surface area contributed by atoms with Crippen molar-refractivity contribution in [2.24, 2.45) is 0 Å². The second-order valence-electron chi connectivity index (χ2n) is 5.90. The van der Waals surface area contributed by atoms with Crippen LogP contribution in [0.25, 0.3) is 11.0 Å². The molecule has 1 amide bonds. The number of methoxy groups -OCH3 is 1. The third-order valence-electron chi connectivity index (χ3n) is 4.37. The molecule has 0 radical (unpaired) electrons. The minimum Gasteiger partial charge on any atom is -0.465 e. The van der Waals surface area contributed by atoms with Crippen molar-refractivity contribution in [3.05, 3.63) is 70.1 Å². The van der Waals surface area contributed by atoms with E-state index in [0.29, 0.717) is 23.3 Å². The van der Waals surface area contributed by atoms with Crippen LogP contribution in [-0.2, 0) is 11.3 Å². The number of nitrogens with zero attached hydrogens (tertiary/aromatic N) is 3. The molecule has 2 heterocycles. The largest absolute Gasteiger partial charge is 0.465 e. The van der Waals surface area contributed by atoms with Gasteiger partial charge in [0.1, 0.15) is 11.2 Å². The Kier molecular flexibility index (Phi) is 5.03. The van der Waals surface area contributed by atoms with Gasteiger partial charge in [0.2, 0.25) is 0 Å². The van der Waals surface area contributed by atoms with E-state index in [4.69, 9.17) is 4.74 Å². The van der Waals surface area contributed by atoms with E-state index in [1.807, 2.05) is 6.92 Å². The van der Waals surface area contributed by atoms with E-state index in [-0.39, 0.29) is 11.1 Å². The van der Waals surface area contributed by atoms with Crippen LogP contribution >= 0.6 is 0 Å². The average molecular weight is 365 g/mol. The number of rotatable bonds is 4. The lowest BCUT2D eigenvalue weighted by atomic mass is 10.1. The Balaban J connectivity index is 2.13. The second-order valence-corrected chi connectivity index (χ2v) is 5.90. The van der Waals surface area contributed by atoms with Gasteiger partial charge in [0, 0.05) is 25.2 Å². The number of fused-ring (bicyclic) bond motifs is 1. The average Bonchev–Trinajstić information content (AvgIpc) is 2.71. The number of esters is 1. The Morgan fingerprint density at radius 3 is 2.59 bits per heavy atom. The molecule has 2 aromatic heterocycles. The molecular weight excluding hydrogens is 346 g/mol. The lowest BCUT2D eigenvalue weighted by Crippen LogP contribution is -2.35. The highest BCUT2D eigenvalue weighted by atomic mass is 16.5. The molecular formula is C20H19N3O4. The monoisotopic (exact) mass is 365 g/mol. The summed E-state index contributed by atoms with van der Waals surface area (Å²) in [6, 6.07) is 11.7. The van der Waals surface area contributed by atoms with E-state index in [9.17, 15) is 14.4 Å². The first-order valence-corrected chi connectivity index (χ1v) is 8.43. The Morgan fingerprint density at radius 1 is 1.15 bits per heavy atom. The zero-order chi connectivity index (χ0) is 19.6. The Bertz CT molecular complexity index is 1090. The number of pyridine rings is 2. The van der Waals surface area contributed by atoms with E-state index in [1.165, 1.54) is 29.7 Å². The standard InChI is InChI=1S/C20H19N3O4/c1-4-23-17-13(8-7-11-21-17)12-15(19(23)25)18(24)22(2)16-10-6-5-9-14(16)20(26)27-3/h5-12H,4H2,1-3H3. The molecule has 3 rings (SSSR count). The minimum atomic E-state index is -0.557. The van der Waals surface area contributed by atoms with Crippen LogP contribution in [0.4, 0.5) is 5.69 Å². The number of carbonyl (C=O) groups excluding carboxylic acids is 2. The summed E-state index contributed by atoms with van der Waals surface area (Å²) in [6.45, 7) is 2.20. The Labute approximate surface area is 155 Å². The van der Waals surface area contributed by atoms with Crippen molar-refractivity contribution in [2.75, 3.05) is 19.1 Å². The van der Waals surface area contributed by atoms with Gasteiger partial charge in [-0.25, -0.2) is 9.78 Å². The van der Waals surface area contributed by atoms with Crippen LogP contribution < -0.4 is 10.5 Å². The Morgan fingerprint density at radius 2 is 1.89 bits per heavy atom. The molecule has 0 spiro atoms. The number of amides is 1. The van der Waals surface area contributed by atoms with E-state index in [1.54, 1.807) is 42.6 Å². The molecule has 1 aromatic carbocycles. The van der Waals surface area contributed by atoms with Crippen molar-refractivity contribution in [3.8, 4) is 0 Å². The normalized spacial score (nSPS) is 10.6. The lowest BCUT2D eigenvalue weighted by Gasteiger charge is -2.20. The summed E-state index contributed by atoms with van der Waals surface area (Å²) in [6.07, 6.45) is 1.61. The first-order chi connectivity index (χ1) is 13.0. The van der Waals surface area contributed by atoms with Gasteiger partial charge in [-0.05, 0) is 37.3 Å². The molecule has 138 valence electrons. The number of aryl methyl sites for hydroxylation is 1. The fraction of sp³-hybridized carbons (Fsp3) is 0.200. The van der Waals surface area contributed by atoms with E-state index < -0.39 is 17.4 Å². The topological polar surface area (TPSA) is 81.5 Å². The summed E-state index contributed by atoms with van der Waals surface area (Å²) in [7, 11) is 2.80. The van der Waals surface area contributed by atoms with Gasteiger partial charge >= 0.3 is 5.97 Å². The van der Waals surface area contributed by atoms with Crippen LogP contribution in [0, 0.1) is 0 Å². The third kappa shape index (κ3) is 3.19. The van der Waals surface area contributed by atoms with Crippen molar-refractivity contribution in [2.45, 2.75) is 13.5 Å². The number of ether oxygens (including phenoxy) is 1. The highest BCUT2D eigenvalue weighted by Crippen LogP contribution is 2.22. The number of anilines is 1. The van der Waals surface area contributed by atoms with Gasteiger partial charge in [0.15, 0.2) is 0 Å². The van der Waals surface area contributed by atoms with Crippen molar-refractivity contribution >= 4 is 28.6 Å². The summed E-state index contributed by atoms with van der Waals surface area (Å²) in [5.74, 6) is -1.07. The molecule has 0 bridgehead atoms. The zero-order valence-electron chi connectivity index (χ0n) is 15.3. The summed E-state index contributed by atoms with van der Waals surface area (Å²) in [5.41, 5.74) is 0.729. The molecule has 0 aliphatic heterocycles. The number of hydrogen-bond donors (Lipinski definition) is 0. The van der Waals surface area contributed by atoms with Crippen LogP contribution in [0.5, 0.6) is 0 Å². The predicted octanol–water partition coefficient (Wildman–Crippen LogP) is 2.48. The highest BCUT2D eigenvalue weighted by Gasteiger charge is 2.23. The van der Waals surface area contributed by atoms with Crippen LogP contribution in [0.1, 0.15) is 27.6 Å². The van der Waals surface area contributed by atoms with Gasteiger partial charge in [-0.15, -0.1) is 0 Å². The highest BCUT2D eigenvalue weighted by molar-refractivity contribution is 6.10. The molecule has 3 aromatic rings. The van der Waals surface area contributed by atoms with E-state index >= 15 is 0 Å². The predicted molar refractivity (Wildman–Crippen MR) is 102 cm³/mol. The third-order valence-corrected chi connectivity index (χ3v) is 4.37. The molecule has 0 atom stereocenters.